The molecule has 88 valence electrons. The molecule has 0 fully saturated rings. The zero-order valence-corrected chi connectivity index (χ0v) is 10.1. The van der Waals surface area contributed by atoms with Gasteiger partial charge in [0.15, 0.2) is 5.69 Å². The minimum Gasteiger partial charge on any atom is -0.364 e. The van der Waals surface area contributed by atoms with Gasteiger partial charge in [0.25, 0.3) is 5.91 Å². The van der Waals surface area contributed by atoms with Crippen LogP contribution in [0.2, 0.25) is 0 Å². The highest BCUT2D eigenvalue weighted by molar-refractivity contribution is 6.04. The molecule has 1 heterocycles. The van der Waals surface area contributed by atoms with Gasteiger partial charge in [-0.2, -0.15) is 0 Å². The third kappa shape index (κ3) is 2.20. The second kappa shape index (κ2) is 4.41. The van der Waals surface area contributed by atoms with E-state index in [1.54, 1.807) is 6.92 Å². The fourth-order valence-corrected chi connectivity index (χ4v) is 1.69. The van der Waals surface area contributed by atoms with Gasteiger partial charge in [-0.25, -0.2) is 0 Å². The van der Waals surface area contributed by atoms with Crippen LogP contribution < -0.4 is 5.32 Å². The maximum atomic E-state index is 12.0. The van der Waals surface area contributed by atoms with Gasteiger partial charge in [0.2, 0.25) is 0 Å². The van der Waals surface area contributed by atoms with Crippen LogP contribution in [0.4, 0.5) is 5.69 Å². The summed E-state index contributed by atoms with van der Waals surface area (Å²) in [5, 5.41) is 6.54. The number of hydrogen-bond donors (Lipinski definition) is 1. The zero-order chi connectivity index (χ0) is 12.4. The van der Waals surface area contributed by atoms with Crippen molar-refractivity contribution in [2.75, 3.05) is 5.32 Å². The van der Waals surface area contributed by atoms with Crippen molar-refractivity contribution in [1.29, 1.82) is 0 Å². The summed E-state index contributed by atoms with van der Waals surface area (Å²) in [6.07, 6.45) is 1.46. The molecule has 17 heavy (non-hydrogen) atoms. The zero-order valence-electron chi connectivity index (χ0n) is 10.1. The first-order valence-corrected chi connectivity index (χ1v) is 5.38. The predicted molar refractivity (Wildman–Crippen MR) is 65.1 cm³/mol. The molecular weight excluding hydrogens is 216 g/mol. The molecule has 0 aliphatic carbocycles. The van der Waals surface area contributed by atoms with Gasteiger partial charge in [-0.3, -0.25) is 4.79 Å². The second-order valence-electron chi connectivity index (χ2n) is 4.07. The van der Waals surface area contributed by atoms with E-state index in [0.717, 1.165) is 22.4 Å². The molecule has 0 bridgehead atoms. The van der Waals surface area contributed by atoms with Crippen LogP contribution in [0.15, 0.2) is 29.0 Å². The average Bonchev–Trinajstić information content (AvgIpc) is 2.70. The number of anilines is 1. The Kier molecular flexibility index (Phi) is 2.95. The van der Waals surface area contributed by atoms with Crippen molar-refractivity contribution in [2.24, 2.45) is 0 Å². The second-order valence-corrected chi connectivity index (χ2v) is 4.07. The molecule has 4 heteroatoms. The van der Waals surface area contributed by atoms with E-state index in [1.165, 1.54) is 6.26 Å². The van der Waals surface area contributed by atoms with Crippen LogP contribution in [0.5, 0.6) is 0 Å². The predicted octanol–water partition coefficient (Wildman–Crippen LogP) is 2.85. The van der Waals surface area contributed by atoms with Crippen molar-refractivity contribution < 1.29 is 9.32 Å². The Hall–Kier alpha value is -2.10. The monoisotopic (exact) mass is 230 g/mol. The summed E-state index contributed by atoms with van der Waals surface area (Å²) < 4.78 is 4.75. The Balaban J connectivity index is 2.28. The highest BCUT2D eigenvalue weighted by atomic mass is 16.5. The maximum absolute atomic E-state index is 12.0. The van der Waals surface area contributed by atoms with E-state index in [4.69, 9.17) is 4.52 Å². The van der Waals surface area contributed by atoms with Crippen LogP contribution in [0.1, 0.15) is 27.2 Å². The lowest BCUT2D eigenvalue weighted by atomic mass is 10.1. The fraction of sp³-hybridized carbons (Fsp3) is 0.231. The number of benzene rings is 1. The van der Waals surface area contributed by atoms with E-state index in [0.29, 0.717) is 5.69 Å². The van der Waals surface area contributed by atoms with Crippen molar-refractivity contribution in [3.63, 3.8) is 0 Å². The van der Waals surface area contributed by atoms with Crippen LogP contribution in [0, 0.1) is 20.8 Å². The highest BCUT2D eigenvalue weighted by Crippen LogP contribution is 2.20. The van der Waals surface area contributed by atoms with E-state index in [1.807, 2.05) is 32.0 Å². The fourth-order valence-electron chi connectivity index (χ4n) is 1.69. The minimum absolute atomic E-state index is 0.242. The standard InChI is InChI=1S/C13H14N2O2/c1-8-5-4-6-9(2)11(8)14-13(16)12-10(3)7-17-15-12/h4-7H,1-3H3,(H,14,16). The van der Waals surface area contributed by atoms with Crippen LogP contribution in [0.25, 0.3) is 0 Å². The van der Waals surface area contributed by atoms with Gasteiger partial charge in [0, 0.05) is 11.3 Å². The summed E-state index contributed by atoms with van der Waals surface area (Å²) in [6.45, 7) is 5.70. The molecule has 0 aliphatic rings. The molecular formula is C13H14N2O2. The normalized spacial score (nSPS) is 10.3. The first-order chi connectivity index (χ1) is 8.09. The smallest absolute Gasteiger partial charge is 0.278 e. The van der Waals surface area contributed by atoms with Gasteiger partial charge in [-0.1, -0.05) is 23.4 Å². The molecule has 0 aliphatic heterocycles. The Labute approximate surface area is 99.6 Å². The van der Waals surface area contributed by atoms with Gasteiger partial charge in [0.1, 0.15) is 6.26 Å². The van der Waals surface area contributed by atoms with Gasteiger partial charge < -0.3 is 9.84 Å². The number of aromatic nitrogens is 1. The lowest BCUT2D eigenvalue weighted by Gasteiger charge is -2.10. The summed E-state index contributed by atoms with van der Waals surface area (Å²) in [4.78, 5) is 12.0. The number of amides is 1. The molecule has 1 amide bonds. The molecule has 0 spiro atoms. The topological polar surface area (TPSA) is 55.1 Å². The molecule has 0 atom stereocenters. The molecule has 1 aromatic carbocycles. The summed E-state index contributed by atoms with van der Waals surface area (Å²) >= 11 is 0. The largest absolute Gasteiger partial charge is 0.364 e. The van der Waals surface area contributed by atoms with Crippen molar-refractivity contribution in [2.45, 2.75) is 20.8 Å². The third-order valence-corrected chi connectivity index (χ3v) is 2.68. The Bertz CT molecular complexity index is 538. The van der Waals surface area contributed by atoms with Gasteiger partial charge in [0.05, 0.1) is 0 Å². The molecule has 2 rings (SSSR count). The number of hydrogen-bond acceptors (Lipinski definition) is 3. The first-order valence-electron chi connectivity index (χ1n) is 5.38. The molecule has 4 nitrogen and oxygen atoms in total. The van der Waals surface area contributed by atoms with E-state index in [9.17, 15) is 4.79 Å². The Morgan fingerprint density at radius 3 is 2.35 bits per heavy atom. The number of rotatable bonds is 2. The Morgan fingerprint density at radius 2 is 1.82 bits per heavy atom. The first kappa shape index (κ1) is 11.4. The van der Waals surface area contributed by atoms with Gasteiger partial charge in [-0.05, 0) is 31.9 Å². The summed E-state index contributed by atoms with van der Waals surface area (Å²) in [5.41, 5.74) is 3.94. The number of nitrogens with one attached hydrogen (secondary N) is 1. The third-order valence-electron chi connectivity index (χ3n) is 2.68. The molecule has 1 aromatic heterocycles. The number of carbonyl (C=O) groups excluding carboxylic acids is 1. The van der Waals surface area contributed by atoms with Crippen LogP contribution in [-0.2, 0) is 0 Å². The SMILES string of the molecule is Cc1conc1C(=O)Nc1c(C)cccc1C. The minimum atomic E-state index is -0.242. The molecule has 0 saturated heterocycles. The summed E-state index contributed by atoms with van der Waals surface area (Å²) in [6, 6.07) is 5.87. The van der Waals surface area contributed by atoms with Crippen molar-refractivity contribution in [3.05, 3.63) is 46.8 Å². The lowest BCUT2D eigenvalue weighted by molar-refractivity contribution is 0.101. The van der Waals surface area contributed by atoms with Crippen LogP contribution >= 0.6 is 0 Å². The molecule has 0 unspecified atom stereocenters. The van der Waals surface area contributed by atoms with E-state index >= 15 is 0 Å². The number of aryl methyl sites for hydroxylation is 3. The molecule has 1 N–H and O–H groups in total. The maximum Gasteiger partial charge on any atom is 0.278 e. The van der Waals surface area contributed by atoms with Crippen molar-refractivity contribution in [1.82, 2.24) is 5.16 Å². The van der Waals surface area contributed by atoms with E-state index in [-0.39, 0.29) is 5.91 Å². The van der Waals surface area contributed by atoms with Crippen LogP contribution in [-0.4, -0.2) is 11.1 Å². The quantitative estimate of drug-likeness (QED) is 0.863. The molecule has 0 radical (unpaired) electrons. The van der Waals surface area contributed by atoms with Crippen molar-refractivity contribution in [3.8, 4) is 0 Å². The molecule has 0 saturated carbocycles. The van der Waals surface area contributed by atoms with E-state index < -0.39 is 0 Å². The number of nitrogens with zero attached hydrogens (tertiary/aromatic N) is 1. The summed E-state index contributed by atoms with van der Waals surface area (Å²) in [7, 11) is 0. The molecule has 2 aromatic rings. The van der Waals surface area contributed by atoms with Gasteiger partial charge in [-0.15, -0.1) is 0 Å². The number of para-hydroxylation sites is 1. The van der Waals surface area contributed by atoms with Crippen LogP contribution in [0.3, 0.4) is 0 Å². The average molecular weight is 230 g/mol. The lowest BCUT2D eigenvalue weighted by Crippen LogP contribution is -2.15. The van der Waals surface area contributed by atoms with Crippen molar-refractivity contribution >= 4 is 11.6 Å². The highest BCUT2D eigenvalue weighted by Gasteiger charge is 2.15. The van der Waals surface area contributed by atoms with E-state index in [2.05, 4.69) is 10.5 Å². The summed E-state index contributed by atoms with van der Waals surface area (Å²) in [5.74, 6) is -0.242. The number of carbonyl (C=O) groups is 1. The van der Waals surface area contributed by atoms with Gasteiger partial charge >= 0.3 is 0 Å². The Morgan fingerprint density at radius 1 is 1.18 bits per heavy atom.